The van der Waals surface area contributed by atoms with Crippen molar-refractivity contribution in [1.29, 1.82) is 0 Å². The molecule has 15 heteroatoms. The number of sulfonamides is 1. The van der Waals surface area contributed by atoms with Gasteiger partial charge in [-0.1, -0.05) is 47.5 Å². The lowest BCUT2D eigenvalue weighted by atomic mass is 10.1. The fourth-order valence-corrected chi connectivity index (χ4v) is 6.96. The maximum atomic E-state index is 13.8. The summed E-state index contributed by atoms with van der Waals surface area (Å²) in [6.45, 7) is -0.397. The van der Waals surface area contributed by atoms with E-state index in [1.54, 1.807) is 12.1 Å². The summed E-state index contributed by atoms with van der Waals surface area (Å²) in [6.07, 6.45) is -3.34. The number of anilines is 2. The van der Waals surface area contributed by atoms with E-state index in [-0.39, 0.29) is 52.6 Å². The topological polar surface area (TPSA) is 94.1 Å². The average Bonchev–Trinajstić information content (AvgIpc) is 3.30. The Balaban J connectivity index is 1.43. The molecular formula is C26H22Cl2F3N5O4S. The van der Waals surface area contributed by atoms with E-state index in [1.807, 2.05) is 0 Å². The van der Waals surface area contributed by atoms with E-state index in [0.29, 0.717) is 4.31 Å². The number of hydrogen-bond acceptors (Lipinski definition) is 6. The van der Waals surface area contributed by atoms with Gasteiger partial charge in [-0.15, -0.1) is 0 Å². The minimum absolute atomic E-state index is 0.0189. The van der Waals surface area contributed by atoms with Gasteiger partial charge >= 0.3 is 12.2 Å². The summed E-state index contributed by atoms with van der Waals surface area (Å²) in [4.78, 5) is 34.9. The van der Waals surface area contributed by atoms with E-state index < -0.39 is 46.3 Å². The van der Waals surface area contributed by atoms with Gasteiger partial charge in [-0.05, 0) is 36.4 Å². The highest BCUT2D eigenvalue weighted by molar-refractivity contribution is 7.89. The van der Waals surface area contributed by atoms with Gasteiger partial charge in [0.25, 0.3) is 10.0 Å². The second kappa shape index (κ2) is 11.0. The van der Waals surface area contributed by atoms with Crippen molar-refractivity contribution in [3.8, 4) is 0 Å². The number of carbonyl (C=O) groups is 2. The zero-order valence-corrected chi connectivity index (χ0v) is 23.5. The van der Waals surface area contributed by atoms with Crippen LogP contribution in [0, 0.1) is 0 Å². The highest BCUT2D eigenvalue weighted by Crippen LogP contribution is 2.37. The zero-order valence-electron chi connectivity index (χ0n) is 21.1. The number of para-hydroxylation sites is 1. The molecule has 0 radical (unpaired) electrons. The number of pyridine rings is 1. The Hall–Kier alpha value is -3.55. The first kappa shape index (κ1) is 29.0. The monoisotopic (exact) mass is 627 g/mol. The Morgan fingerprint density at radius 3 is 2.17 bits per heavy atom. The molecule has 0 unspecified atom stereocenters. The standard InChI is InChI=1S/C26H22Cl2F3N5O4S/c27-18-7-1-3-9-20(18)36-21(16-35(25(36)38)41(39,40)22-10-4-2-8-19(22)28)24(37)34-14-12-33(13-15-34)23-17(26(29,30)31)6-5-11-32-23/h1-11,21H,12-16H2/t21-/m0/s1. The van der Waals surface area contributed by atoms with E-state index in [4.69, 9.17) is 23.2 Å². The number of hydrogen-bond donors (Lipinski definition) is 0. The number of carbonyl (C=O) groups excluding carboxylic acids is 2. The quantitative estimate of drug-likeness (QED) is 0.405. The number of alkyl halides is 3. The van der Waals surface area contributed by atoms with Gasteiger partial charge < -0.3 is 9.80 Å². The lowest BCUT2D eigenvalue weighted by Gasteiger charge is -2.38. The SMILES string of the molecule is O=C([C@@H]1CN(S(=O)(=O)c2ccccc2Cl)C(=O)N1c1ccccc1Cl)N1CCN(c2ncccc2C(F)(F)F)CC1. The predicted octanol–water partition coefficient (Wildman–Crippen LogP) is 4.76. The van der Waals surface area contributed by atoms with E-state index in [0.717, 1.165) is 11.0 Å². The first-order valence-electron chi connectivity index (χ1n) is 12.3. The molecule has 1 atom stereocenters. The normalized spacial score (nSPS) is 18.3. The molecule has 2 aromatic carbocycles. The molecule has 0 bridgehead atoms. The maximum Gasteiger partial charge on any atom is 0.419 e. The molecule has 2 saturated heterocycles. The number of halogens is 5. The molecule has 5 rings (SSSR count). The van der Waals surface area contributed by atoms with Crippen molar-refractivity contribution in [2.45, 2.75) is 17.1 Å². The van der Waals surface area contributed by atoms with Crippen molar-refractivity contribution in [2.75, 3.05) is 42.5 Å². The Bertz CT molecular complexity index is 1600. The third kappa shape index (κ3) is 5.41. The first-order chi connectivity index (χ1) is 19.4. The van der Waals surface area contributed by atoms with Crippen LogP contribution in [0.3, 0.4) is 0 Å². The Labute approximate surface area is 243 Å². The van der Waals surface area contributed by atoms with E-state index in [9.17, 15) is 31.2 Å². The van der Waals surface area contributed by atoms with Gasteiger partial charge in [0.05, 0.1) is 27.8 Å². The summed E-state index contributed by atoms with van der Waals surface area (Å²) in [5, 5.41) is 0.0264. The lowest BCUT2D eigenvalue weighted by Crippen LogP contribution is -2.55. The van der Waals surface area contributed by atoms with E-state index in [2.05, 4.69) is 4.98 Å². The largest absolute Gasteiger partial charge is 0.419 e. The van der Waals surface area contributed by atoms with Crippen molar-refractivity contribution in [2.24, 2.45) is 0 Å². The zero-order chi connectivity index (χ0) is 29.5. The predicted molar refractivity (Wildman–Crippen MR) is 146 cm³/mol. The molecular weight excluding hydrogens is 606 g/mol. The minimum Gasteiger partial charge on any atom is -0.353 e. The van der Waals surface area contributed by atoms with Gasteiger partial charge in [0.1, 0.15) is 16.8 Å². The van der Waals surface area contributed by atoms with E-state index >= 15 is 0 Å². The molecule has 3 heterocycles. The molecule has 0 saturated carbocycles. The fraction of sp³-hybridized carbons (Fsp3) is 0.269. The van der Waals surface area contributed by atoms with Crippen LogP contribution in [-0.2, 0) is 21.0 Å². The summed E-state index contributed by atoms with van der Waals surface area (Å²) in [6, 6.07) is 11.7. The number of amides is 3. The van der Waals surface area contributed by atoms with Crippen LogP contribution >= 0.6 is 23.2 Å². The lowest BCUT2D eigenvalue weighted by molar-refractivity contribution is -0.137. The van der Waals surface area contributed by atoms with Gasteiger partial charge in [-0.2, -0.15) is 13.2 Å². The third-order valence-electron chi connectivity index (χ3n) is 6.85. The smallest absolute Gasteiger partial charge is 0.353 e. The second-order valence-corrected chi connectivity index (χ2v) is 11.9. The van der Waals surface area contributed by atoms with Crippen molar-refractivity contribution in [1.82, 2.24) is 14.2 Å². The molecule has 1 aromatic heterocycles. The minimum atomic E-state index is -4.60. The number of nitrogens with zero attached hydrogens (tertiary/aromatic N) is 5. The van der Waals surface area contributed by atoms with Gasteiger partial charge in [0.2, 0.25) is 5.91 Å². The Morgan fingerprint density at radius 1 is 0.902 bits per heavy atom. The number of aromatic nitrogens is 1. The van der Waals surface area contributed by atoms with Crippen molar-refractivity contribution < 1.29 is 31.2 Å². The highest BCUT2D eigenvalue weighted by Gasteiger charge is 2.50. The highest BCUT2D eigenvalue weighted by atomic mass is 35.5. The maximum absolute atomic E-state index is 13.8. The molecule has 216 valence electrons. The van der Waals surface area contributed by atoms with Crippen LogP contribution in [0.5, 0.6) is 0 Å². The average molecular weight is 628 g/mol. The number of urea groups is 1. The Morgan fingerprint density at radius 2 is 1.54 bits per heavy atom. The van der Waals surface area contributed by atoms with Crippen molar-refractivity contribution >= 4 is 56.7 Å². The summed E-state index contributed by atoms with van der Waals surface area (Å²) < 4.78 is 68.2. The van der Waals surface area contributed by atoms with Gasteiger partial charge in [-0.25, -0.2) is 22.5 Å². The molecule has 41 heavy (non-hydrogen) atoms. The molecule has 2 aliphatic heterocycles. The van der Waals surface area contributed by atoms with Crippen LogP contribution in [0.4, 0.5) is 29.5 Å². The molecule has 0 aliphatic carbocycles. The summed E-state index contributed by atoms with van der Waals surface area (Å²) in [5.74, 6) is -0.815. The molecule has 2 aliphatic rings. The molecule has 0 spiro atoms. The Kier molecular flexibility index (Phi) is 7.79. The molecule has 0 N–H and O–H groups in total. The molecule has 3 aromatic rings. The van der Waals surface area contributed by atoms with Crippen LogP contribution in [-0.4, -0.2) is 73.3 Å². The van der Waals surface area contributed by atoms with E-state index in [1.165, 1.54) is 58.5 Å². The van der Waals surface area contributed by atoms with Crippen LogP contribution in [0.1, 0.15) is 5.56 Å². The summed E-state index contributed by atoms with van der Waals surface area (Å²) in [5.41, 5.74) is -0.747. The summed E-state index contributed by atoms with van der Waals surface area (Å²) >= 11 is 12.5. The van der Waals surface area contributed by atoms with Crippen LogP contribution < -0.4 is 9.80 Å². The second-order valence-electron chi connectivity index (χ2n) is 9.27. The van der Waals surface area contributed by atoms with Crippen molar-refractivity contribution in [3.63, 3.8) is 0 Å². The number of benzene rings is 2. The molecule has 3 amide bonds. The fourth-order valence-electron chi connectivity index (χ4n) is 4.87. The van der Waals surface area contributed by atoms with Gasteiger partial charge in [0.15, 0.2) is 0 Å². The van der Waals surface area contributed by atoms with Crippen LogP contribution in [0.15, 0.2) is 71.8 Å². The molecule has 9 nitrogen and oxygen atoms in total. The number of piperazine rings is 1. The van der Waals surface area contributed by atoms with Crippen LogP contribution in [0.2, 0.25) is 10.0 Å². The van der Waals surface area contributed by atoms with Gasteiger partial charge in [0, 0.05) is 32.4 Å². The van der Waals surface area contributed by atoms with Gasteiger partial charge in [-0.3, -0.25) is 9.69 Å². The summed E-state index contributed by atoms with van der Waals surface area (Å²) in [7, 11) is -4.46. The first-order valence-corrected chi connectivity index (χ1v) is 14.5. The molecule has 2 fully saturated rings. The number of rotatable bonds is 5. The third-order valence-corrected chi connectivity index (χ3v) is 9.41. The van der Waals surface area contributed by atoms with Crippen molar-refractivity contribution in [3.05, 3.63) is 82.5 Å². The van der Waals surface area contributed by atoms with Crippen LogP contribution in [0.25, 0.3) is 0 Å².